The zero-order valence-corrected chi connectivity index (χ0v) is 16.4. The van der Waals surface area contributed by atoms with Gasteiger partial charge in [-0.05, 0) is 50.8 Å². The molecule has 8 heteroatoms. The fraction of sp³-hybridized carbons (Fsp3) is 0.450. The largest absolute Gasteiger partial charge is 0.381 e. The van der Waals surface area contributed by atoms with Gasteiger partial charge >= 0.3 is 0 Å². The van der Waals surface area contributed by atoms with E-state index in [4.69, 9.17) is 0 Å². The van der Waals surface area contributed by atoms with Gasteiger partial charge in [0, 0.05) is 26.1 Å². The molecule has 1 aromatic heterocycles. The quantitative estimate of drug-likeness (QED) is 0.711. The van der Waals surface area contributed by atoms with Gasteiger partial charge in [-0.15, -0.1) is 0 Å². The van der Waals surface area contributed by atoms with E-state index in [1.807, 2.05) is 18.5 Å². The van der Waals surface area contributed by atoms with Crippen LogP contribution in [0.5, 0.6) is 0 Å². The van der Waals surface area contributed by atoms with Crippen LogP contribution in [0.25, 0.3) is 0 Å². The Morgan fingerprint density at radius 1 is 1.32 bits per heavy atom. The summed E-state index contributed by atoms with van der Waals surface area (Å²) in [5, 5.41) is 13.2. The molecule has 0 aliphatic carbocycles. The van der Waals surface area contributed by atoms with Crippen molar-refractivity contribution in [2.24, 2.45) is 5.92 Å². The minimum Gasteiger partial charge on any atom is -0.381 e. The molecule has 1 aromatic carbocycles. The second kappa shape index (κ2) is 8.41. The second-order valence-electron chi connectivity index (χ2n) is 7.47. The molecule has 0 spiro atoms. The number of nitrogens with zero attached hydrogens (tertiary/aromatic N) is 2. The topological polar surface area (TPSA) is 88.0 Å². The Morgan fingerprint density at radius 2 is 2.11 bits per heavy atom. The lowest BCUT2D eigenvalue weighted by molar-refractivity contribution is -0.119. The summed E-state index contributed by atoms with van der Waals surface area (Å²) in [5.74, 6) is -0.545. The van der Waals surface area contributed by atoms with Crippen molar-refractivity contribution in [3.63, 3.8) is 0 Å². The molecule has 1 unspecified atom stereocenters. The third-order valence-corrected chi connectivity index (χ3v) is 4.74. The number of benzene rings is 1. The molecular formula is C20H26FN5O2. The average molecular weight is 387 g/mol. The zero-order valence-electron chi connectivity index (χ0n) is 16.4. The van der Waals surface area contributed by atoms with E-state index >= 15 is 0 Å². The van der Waals surface area contributed by atoms with E-state index in [-0.39, 0.29) is 23.8 Å². The van der Waals surface area contributed by atoms with Crippen molar-refractivity contribution in [1.29, 1.82) is 0 Å². The molecule has 1 aliphatic heterocycles. The van der Waals surface area contributed by atoms with Crippen molar-refractivity contribution < 1.29 is 14.0 Å². The van der Waals surface area contributed by atoms with Gasteiger partial charge in [0.2, 0.25) is 5.91 Å². The standard InChI is InChI=1S/C20H26FN5O2/c1-12(2)24-17-5-4-15(21)9-18(17)25-20(28)16-11-23-26-7-6-14(8-19(16)26)10-22-13(3)27/h4-5,9,11-12,14,24H,6-8,10H2,1-3H3,(H,22,27)(H,25,28). The molecule has 0 radical (unpaired) electrons. The second-order valence-corrected chi connectivity index (χ2v) is 7.47. The first-order valence-corrected chi connectivity index (χ1v) is 9.50. The molecule has 2 amide bonds. The zero-order chi connectivity index (χ0) is 20.3. The lowest BCUT2D eigenvalue weighted by Gasteiger charge is -2.24. The van der Waals surface area contributed by atoms with E-state index in [0.717, 1.165) is 12.1 Å². The normalized spacial score (nSPS) is 15.8. The van der Waals surface area contributed by atoms with Crippen LogP contribution in [0.2, 0.25) is 0 Å². The highest BCUT2D eigenvalue weighted by molar-refractivity contribution is 6.06. The molecule has 0 saturated carbocycles. The number of carbonyl (C=O) groups is 2. The number of fused-ring (bicyclic) bond motifs is 1. The van der Waals surface area contributed by atoms with Gasteiger partial charge in [0.05, 0.1) is 28.8 Å². The van der Waals surface area contributed by atoms with Crippen molar-refractivity contribution >= 4 is 23.2 Å². The summed E-state index contributed by atoms with van der Waals surface area (Å²) < 4.78 is 15.6. The predicted octanol–water partition coefficient (Wildman–Crippen LogP) is 2.79. The molecule has 0 bridgehead atoms. The molecule has 3 rings (SSSR count). The lowest BCUT2D eigenvalue weighted by Crippen LogP contribution is -2.32. The van der Waals surface area contributed by atoms with Crippen LogP contribution >= 0.6 is 0 Å². The molecule has 2 aromatic rings. The predicted molar refractivity (Wildman–Crippen MR) is 106 cm³/mol. The van der Waals surface area contributed by atoms with Crippen LogP contribution in [-0.4, -0.2) is 34.2 Å². The van der Waals surface area contributed by atoms with Crippen molar-refractivity contribution in [3.8, 4) is 0 Å². The highest BCUT2D eigenvalue weighted by Gasteiger charge is 2.25. The Labute approximate surface area is 163 Å². The molecule has 3 N–H and O–H groups in total. The maximum atomic E-state index is 13.7. The molecular weight excluding hydrogens is 361 g/mol. The van der Waals surface area contributed by atoms with Gasteiger partial charge in [0.1, 0.15) is 5.82 Å². The summed E-state index contributed by atoms with van der Waals surface area (Å²) in [7, 11) is 0. The smallest absolute Gasteiger partial charge is 0.259 e. The monoisotopic (exact) mass is 387 g/mol. The Balaban J connectivity index is 1.77. The van der Waals surface area contributed by atoms with Gasteiger partial charge in [-0.25, -0.2) is 4.39 Å². The van der Waals surface area contributed by atoms with E-state index in [1.165, 1.54) is 19.1 Å². The number of nitrogens with one attached hydrogen (secondary N) is 3. The fourth-order valence-corrected chi connectivity index (χ4v) is 3.40. The third-order valence-electron chi connectivity index (χ3n) is 4.74. The Bertz CT molecular complexity index is 877. The number of aryl methyl sites for hydroxylation is 1. The first-order chi connectivity index (χ1) is 13.3. The van der Waals surface area contributed by atoms with Gasteiger partial charge in [0.25, 0.3) is 5.91 Å². The minimum atomic E-state index is -0.419. The molecule has 0 saturated heterocycles. The maximum absolute atomic E-state index is 13.7. The van der Waals surface area contributed by atoms with Crippen LogP contribution in [0.1, 0.15) is 43.2 Å². The van der Waals surface area contributed by atoms with Gasteiger partial charge in [0.15, 0.2) is 0 Å². The summed E-state index contributed by atoms with van der Waals surface area (Å²) >= 11 is 0. The molecule has 1 aliphatic rings. The Hall–Kier alpha value is -2.90. The van der Waals surface area contributed by atoms with Crippen molar-refractivity contribution in [3.05, 3.63) is 41.5 Å². The summed E-state index contributed by atoms with van der Waals surface area (Å²) in [5.41, 5.74) is 2.37. The van der Waals surface area contributed by atoms with E-state index in [1.54, 1.807) is 12.3 Å². The summed E-state index contributed by atoms with van der Waals surface area (Å²) in [6, 6.07) is 4.41. The third kappa shape index (κ3) is 4.68. The number of amides is 2. The van der Waals surface area contributed by atoms with Crippen LogP contribution in [0.4, 0.5) is 15.8 Å². The summed E-state index contributed by atoms with van der Waals surface area (Å²) in [6.45, 7) is 6.71. The van der Waals surface area contributed by atoms with E-state index in [2.05, 4.69) is 21.0 Å². The SMILES string of the molecule is CC(=O)NCC1CCn2ncc(C(=O)Nc3cc(F)ccc3NC(C)C)c2C1. The molecule has 2 heterocycles. The van der Waals surface area contributed by atoms with Crippen LogP contribution in [0.15, 0.2) is 24.4 Å². The van der Waals surface area contributed by atoms with Gasteiger partial charge in [-0.3, -0.25) is 14.3 Å². The first-order valence-electron chi connectivity index (χ1n) is 9.50. The Kier molecular flexibility index (Phi) is 5.96. The lowest BCUT2D eigenvalue weighted by atomic mass is 9.94. The highest BCUT2D eigenvalue weighted by atomic mass is 19.1. The number of anilines is 2. The van der Waals surface area contributed by atoms with E-state index < -0.39 is 5.82 Å². The summed E-state index contributed by atoms with van der Waals surface area (Å²) in [4.78, 5) is 24.1. The van der Waals surface area contributed by atoms with Crippen LogP contribution in [0.3, 0.4) is 0 Å². The van der Waals surface area contributed by atoms with E-state index in [9.17, 15) is 14.0 Å². The van der Waals surface area contributed by atoms with Crippen LogP contribution in [-0.2, 0) is 17.8 Å². The van der Waals surface area contributed by atoms with Gasteiger partial charge in [-0.1, -0.05) is 0 Å². The highest BCUT2D eigenvalue weighted by Crippen LogP contribution is 2.27. The average Bonchev–Trinajstić information content (AvgIpc) is 3.05. The van der Waals surface area contributed by atoms with Crippen LogP contribution in [0, 0.1) is 11.7 Å². The number of hydrogen-bond acceptors (Lipinski definition) is 4. The number of carbonyl (C=O) groups excluding carboxylic acids is 2. The number of halogens is 1. The minimum absolute atomic E-state index is 0.0617. The molecule has 28 heavy (non-hydrogen) atoms. The van der Waals surface area contributed by atoms with Crippen molar-refractivity contribution in [2.75, 3.05) is 17.2 Å². The van der Waals surface area contributed by atoms with E-state index in [0.29, 0.717) is 36.4 Å². The first kappa shape index (κ1) is 19.9. The fourth-order valence-electron chi connectivity index (χ4n) is 3.40. The Morgan fingerprint density at radius 3 is 2.82 bits per heavy atom. The number of hydrogen-bond donors (Lipinski definition) is 3. The number of aromatic nitrogens is 2. The van der Waals surface area contributed by atoms with Crippen molar-refractivity contribution in [1.82, 2.24) is 15.1 Å². The molecule has 1 atom stereocenters. The molecule has 150 valence electrons. The maximum Gasteiger partial charge on any atom is 0.259 e. The van der Waals surface area contributed by atoms with Crippen molar-refractivity contribution in [2.45, 2.75) is 46.2 Å². The molecule has 7 nitrogen and oxygen atoms in total. The van der Waals surface area contributed by atoms with Crippen LogP contribution < -0.4 is 16.0 Å². The van der Waals surface area contributed by atoms with Gasteiger partial charge < -0.3 is 16.0 Å². The number of rotatable bonds is 6. The van der Waals surface area contributed by atoms with Gasteiger partial charge in [-0.2, -0.15) is 5.10 Å². The molecule has 0 fully saturated rings. The summed E-state index contributed by atoms with van der Waals surface area (Å²) in [6.07, 6.45) is 3.10.